The van der Waals surface area contributed by atoms with E-state index < -0.39 is 0 Å². The van der Waals surface area contributed by atoms with Crippen LogP contribution in [0.15, 0.2) is 10.8 Å². The lowest BCUT2D eigenvalue weighted by Gasteiger charge is -2.49. The van der Waals surface area contributed by atoms with Gasteiger partial charge in [-0.15, -0.1) is 0 Å². The fourth-order valence-electron chi connectivity index (χ4n) is 1.80. The van der Waals surface area contributed by atoms with Crippen molar-refractivity contribution >= 4 is 27.6 Å². The molecule has 2 atom stereocenters. The van der Waals surface area contributed by atoms with Crippen LogP contribution in [0.4, 0.5) is 11.6 Å². The number of hydrogen-bond acceptors (Lipinski definition) is 5. The Morgan fingerprint density at radius 3 is 2.81 bits per heavy atom. The third kappa shape index (κ3) is 1.76. The van der Waals surface area contributed by atoms with E-state index in [4.69, 9.17) is 5.73 Å². The number of rotatable bonds is 2. The predicted molar refractivity (Wildman–Crippen MR) is 66.0 cm³/mol. The summed E-state index contributed by atoms with van der Waals surface area (Å²) in [4.78, 5) is 7.99. The van der Waals surface area contributed by atoms with Crippen LogP contribution < -0.4 is 11.1 Å². The summed E-state index contributed by atoms with van der Waals surface area (Å²) in [6.45, 7) is 4.05. The van der Waals surface area contributed by atoms with Gasteiger partial charge in [-0.25, -0.2) is 9.97 Å². The van der Waals surface area contributed by atoms with Gasteiger partial charge in [0.2, 0.25) is 0 Å². The monoisotopic (exact) mass is 286 g/mol. The van der Waals surface area contributed by atoms with E-state index in [2.05, 4.69) is 31.2 Å². The van der Waals surface area contributed by atoms with Gasteiger partial charge in [0.15, 0.2) is 0 Å². The molecule has 1 aliphatic rings. The minimum atomic E-state index is -0.261. The normalized spacial score (nSPS) is 27.2. The maximum atomic E-state index is 9.64. The largest absolute Gasteiger partial charge is 0.392 e. The van der Waals surface area contributed by atoms with Crippen molar-refractivity contribution in [2.75, 3.05) is 11.1 Å². The minimum Gasteiger partial charge on any atom is -0.392 e. The number of nitrogens with zero attached hydrogens (tertiary/aromatic N) is 2. The first-order chi connectivity index (χ1) is 7.43. The maximum absolute atomic E-state index is 9.64. The van der Waals surface area contributed by atoms with E-state index in [9.17, 15) is 5.11 Å². The van der Waals surface area contributed by atoms with Crippen LogP contribution in [0.2, 0.25) is 0 Å². The molecular weight excluding hydrogens is 272 g/mol. The van der Waals surface area contributed by atoms with Crippen molar-refractivity contribution in [2.24, 2.45) is 5.41 Å². The quantitative estimate of drug-likeness (QED) is 0.765. The lowest BCUT2D eigenvalue weighted by molar-refractivity contribution is -0.0511. The first-order valence-electron chi connectivity index (χ1n) is 5.13. The summed E-state index contributed by atoms with van der Waals surface area (Å²) in [5.41, 5.74) is 5.52. The highest BCUT2D eigenvalue weighted by molar-refractivity contribution is 9.10. The van der Waals surface area contributed by atoms with E-state index in [1.54, 1.807) is 0 Å². The van der Waals surface area contributed by atoms with Crippen LogP contribution >= 0.6 is 15.9 Å². The zero-order valence-electron chi connectivity index (χ0n) is 9.24. The highest BCUT2D eigenvalue weighted by Crippen LogP contribution is 2.42. The second-order valence-electron chi connectivity index (χ2n) is 4.69. The topological polar surface area (TPSA) is 84.1 Å². The Morgan fingerprint density at radius 1 is 1.56 bits per heavy atom. The van der Waals surface area contributed by atoms with Gasteiger partial charge >= 0.3 is 0 Å². The Hall–Kier alpha value is -0.880. The van der Waals surface area contributed by atoms with Gasteiger partial charge in [-0.3, -0.25) is 0 Å². The molecule has 16 heavy (non-hydrogen) atoms. The summed E-state index contributed by atoms with van der Waals surface area (Å²) in [7, 11) is 0. The molecule has 2 unspecified atom stereocenters. The molecule has 0 radical (unpaired) electrons. The van der Waals surface area contributed by atoms with Gasteiger partial charge in [0.05, 0.1) is 6.10 Å². The zero-order valence-corrected chi connectivity index (χ0v) is 10.8. The SMILES string of the molecule is CC1(C)C(O)CC1Nc1ncnc(N)c1Br. The number of aromatic nitrogens is 2. The fraction of sp³-hybridized carbons (Fsp3) is 0.600. The summed E-state index contributed by atoms with van der Waals surface area (Å²) < 4.78 is 0.673. The molecule has 5 nitrogen and oxygen atoms in total. The van der Waals surface area contributed by atoms with Gasteiger partial charge in [-0.05, 0) is 22.4 Å². The first kappa shape index (κ1) is 11.6. The number of halogens is 1. The molecule has 1 aliphatic carbocycles. The number of aliphatic hydroxyl groups excluding tert-OH is 1. The Morgan fingerprint density at radius 2 is 2.25 bits per heavy atom. The van der Waals surface area contributed by atoms with Crippen molar-refractivity contribution in [3.8, 4) is 0 Å². The van der Waals surface area contributed by atoms with Crippen molar-refractivity contribution in [3.05, 3.63) is 10.8 Å². The third-order valence-electron chi connectivity index (χ3n) is 3.34. The summed E-state index contributed by atoms with van der Waals surface area (Å²) in [5, 5.41) is 12.9. The second kappa shape index (κ2) is 3.85. The zero-order chi connectivity index (χ0) is 11.9. The van der Waals surface area contributed by atoms with E-state index in [1.165, 1.54) is 6.33 Å². The van der Waals surface area contributed by atoms with Crippen LogP contribution in [0.5, 0.6) is 0 Å². The van der Waals surface area contributed by atoms with Gasteiger partial charge in [0.1, 0.15) is 22.4 Å². The van der Waals surface area contributed by atoms with E-state index in [0.29, 0.717) is 16.1 Å². The van der Waals surface area contributed by atoms with Crippen LogP contribution in [0.25, 0.3) is 0 Å². The summed E-state index contributed by atoms with van der Waals surface area (Å²) in [6, 6.07) is 0.202. The Labute approximate surface area is 103 Å². The van der Waals surface area contributed by atoms with E-state index >= 15 is 0 Å². The van der Waals surface area contributed by atoms with Crippen molar-refractivity contribution in [2.45, 2.75) is 32.4 Å². The number of nitrogen functional groups attached to an aromatic ring is 1. The second-order valence-corrected chi connectivity index (χ2v) is 5.48. The van der Waals surface area contributed by atoms with Gasteiger partial charge in [-0.2, -0.15) is 0 Å². The number of hydrogen-bond donors (Lipinski definition) is 3. The number of nitrogens with one attached hydrogen (secondary N) is 1. The van der Waals surface area contributed by atoms with Gasteiger partial charge in [0.25, 0.3) is 0 Å². The Balaban J connectivity index is 2.14. The average molecular weight is 287 g/mol. The summed E-state index contributed by atoms with van der Waals surface area (Å²) >= 11 is 3.34. The standard InChI is InChI=1S/C10H15BrN4O/c1-10(2)5(3-6(10)16)15-9-7(11)8(12)13-4-14-9/h4-6,16H,3H2,1-2H3,(H3,12,13,14,15). The van der Waals surface area contributed by atoms with Gasteiger partial charge in [-0.1, -0.05) is 13.8 Å². The summed E-state index contributed by atoms with van der Waals surface area (Å²) in [6.07, 6.45) is 1.89. The van der Waals surface area contributed by atoms with Crippen molar-refractivity contribution < 1.29 is 5.11 Å². The molecule has 0 aliphatic heterocycles. The molecule has 0 bridgehead atoms. The first-order valence-corrected chi connectivity index (χ1v) is 5.92. The molecule has 4 N–H and O–H groups in total. The molecule has 0 amide bonds. The van der Waals surface area contributed by atoms with Gasteiger partial charge < -0.3 is 16.2 Å². The smallest absolute Gasteiger partial charge is 0.146 e. The predicted octanol–water partition coefficient (Wildman–Crippen LogP) is 1.39. The molecule has 6 heteroatoms. The molecule has 0 saturated heterocycles. The van der Waals surface area contributed by atoms with Crippen LogP contribution in [0.3, 0.4) is 0 Å². The van der Waals surface area contributed by atoms with Crippen molar-refractivity contribution in [1.82, 2.24) is 9.97 Å². The summed E-state index contributed by atoms with van der Waals surface area (Å²) in [5.74, 6) is 1.09. The lowest BCUT2D eigenvalue weighted by atomic mass is 9.64. The van der Waals surface area contributed by atoms with E-state index in [1.807, 2.05) is 13.8 Å². The molecule has 1 aromatic rings. The van der Waals surface area contributed by atoms with Crippen LogP contribution in [-0.4, -0.2) is 27.2 Å². The highest BCUT2D eigenvalue weighted by Gasteiger charge is 2.47. The van der Waals surface area contributed by atoms with E-state index in [0.717, 1.165) is 6.42 Å². The molecule has 0 spiro atoms. The molecule has 0 aromatic carbocycles. The maximum Gasteiger partial charge on any atom is 0.146 e. The molecular formula is C10H15BrN4O. The molecule has 1 aromatic heterocycles. The third-order valence-corrected chi connectivity index (χ3v) is 4.13. The van der Waals surface area contributed by atoms with Crippen molar-refractivity contribution in [3.63, 3.8) is 0 Å². The number of anilines is 2. The minimum absolute atomic E-state index is 0.140. The molecule has 88 valence electrons. The van der Waals surface area contributed by atoms with Gasteiger partial charge in [0, 0.05) is 11.5 Å². The van der Waals surface area contributed by atoms with Crippen LogP contribution in [-0.2, 0) is 0 Å². The number of aliphatic hydroxyl groups is 1. The fourth-order valence-corrected chi connectivity index (χ4v) is 2.12. The highest BCUT2D eigenvalue weighted by atomic mass is 79.9. The van der Waals surface area contributed by atoms with Crippen LogP contribution in [0, 0.1) is 5.41 Å². The average Bonchev–Trinajstić information content (AvgIpc) is 2.24. The Kier molecular flexibility index (Phi) is 2.79. The number of nitrogens with two attached hydrogens (primary N) is 1. The molecule has 1 heterocycles. The molecule has 1 fully saturated rings. The molecule has 1 saturated carbocycles. The van der Waals surface area contributed by atoms with E-state index in [-0.39, 0.29) is 17.6 Å². The molecule has 2 rings (SSSR count). The lowest BCUT2D eigenvalue weighted by Crippen LogP contribution is -2.57. The Bertz CT molecular complexity index is 410. The van der Waals surface area contributed by atoms with Crippen LogP contribution in [0.1, 0.15) is 20.3 Å². The van der Waals surface area contributed by atoms with Crippen molar-refractivity contribution in [1.29, 1.82) is 0 Å².